The van der Waals surface area contributed by atoms with Gasteiger partial charge < -0.3 is 4.84 Å². The molecule has 0 amide bonds. The van der Waals surface area contributed by atoms with E-state index in [1.807, 2.05) is 0 Å². The Morgan fingerprint density at radius 1 is 1.38 bits per heavy atom. The Morgan fingerprint density at radius 2 is 2.00 bits per heavy atom. The van der Waals surface area contributed by atoms with E-state index in [0.717, 1.165) is 6.07 Å². The number of nitrogens with zero attached hydrogens (tertiary/aromatic N) is 1. The van der Waals surface area contributed by atoms with Gasteiger partial charge in [-0.15, -0.1) is 0 Å². The molecule has 0 spiro atoms. The van der Waals surface area contributed by atoms with Crippen LogP contribution in [-0.4, -0.2) is 26.2 Å². The van der Waals surface area contributed by atoms with E-state index < -0.39 is 15.5 Å². The second kappa shape index (κ2) is 8.28. The first-order chi connectivity index (χ1) is 10.9. The van der Waals surface area contributed by atoms with Gasteiger partial charge in [0.2, 0.25) is 0 Å². The van der Waals surface area contributed by atoms with Crippen LogP contribution in [0.25, 0.3) is 0 Å². The summed E-state index contributed by atoms with van der Waals surface area (Å²) < 4.78 is 61.3. The molecule has 0 bridgehead atoms. The van der Waals surface area contributed by atoms with Gasteiger partial charge in [-0.3, -0.25) is 4.72 Å². The number of sulfonamides is 1. The average molecular weight is 426 g/mol. The molecule has 0 aromatic heterocycles. The van der Waals surface area contributed by atoms with Gasteiger partial charge in [-0.05, 0) is 31.2 Å². The van der Waals surface area contributed by atoms with Crippen LogP contribution < -0.4 is 4.72 Å². The van der Waals surface area contributed by atoms with Crippen molar-refractivity contribution in [2.75, 3.05) is 11.3 Å². The number of nitrogens with one attached hydrogen (secondary N) is 1. The van der Waals surface area contributed by atoms with Crippen LogP contribution in [-0.2, 0) is 14.9 Å². The highest BCUT2D eigenvalue weighted by atomic mass is 35.5. The highest BCUT2D eigenvalue weighted by Gasteiger charge is 2.46. The zero-order valence-electron chi connectivity index (χ0n) is 11.9. The van der Waals surface area contributed by atoms with Gasteiger partial charge >= 0.3 is 15.5 Å². The van der Waals surface area contributed by atoms with Crippen LogP contribution in [0.4, 0.5) is 18.9 Å². The van der Waals surface area contributed by atoms with Gasteiger partial charge in [0.25, 0.3) is 0 Å². The zero-order valence-corrected chi connectivity index (χ0v) is 14.9. The molecule has 0 aliphatic carbocycles. The monoisotopic (exact) mass is 424 g/mol. The highest BCUT2D eigenvalue weighted by molar-refractivity contribution is 7.93. The third-order valence-corrected chi connectivity index (χ3v) is 4.08. The minimum Gasteiger partial charge on any atom is -0.391 e. The lowest BCUT2D eigenvalue weighted by atomic mass is 10.1. The Morgan fingerprint density at radius 3 is 2.54 bits per heavy atom. The lowest BCUT2D eigenvalue weighted by molar-refractivity contribution is -0.0429. The SMILES string of the molecule is CC(=NOCC=C(Cl)Cl)c1cc(Cl)ccc1NS(=O)(=O)C(F)(F)F. The normalized spacial score (nSPS) is 12.7. The lowest BCUT2D eigenvalue weighted by Gasteiger charge is -2.14. The summed E-state index contributed by atoms with van der Waals surface area (Å²) in [6.45, 7) is 1.30. The number of halogens is 6. The van der Waals surface area contributed by atoms with Crippen LogP contribution in [0.15, 0.2) is 33.9 Å². The second-order valence-electron chi connectivity index (χ2n) is 4.21. The molecule has 0 saturated carbocycles. The molecule has 0 aliphatic rings. The molecule has 1 rings (SSSR count). The van der Waals surface area contributed by atoms with E-state index in [-0.39, 0.29) is 33.1 Å². The Hall–Kier alpha value is -1.16. The van der Waals surface area contributed by atoms with Crippen LogP contribution in [0.3, 0.4) is 0 Å². The van der Waals surface area contributed by atoms with E-state index in [2.05, 4.69) is 5.16 Å². The van der Waals surface area contributed by atoms with Crippen molar-refractivity contribution < 1.29 is 26.4 Å². The van der Waals surface area contributed by atoms with E-state index >= 15 is 0 Å². The van der Waals surface area contributed by atoms with Gasteiger partial charge in [0, 0.05) is 10.6 Å². The fourth-order valence-electron chi connectivity index (χ4n) is 1.39. The minimum absolute atomic E-state index is 0.0104. The van der Waals surface area contributed by atoms with E-state index in [1.54, 1.807) is 0 Å². The maximum Gasteiger partial charge on any atom is 0.516 e. The summed E-state index contributed by atoms with van der Waals surface area (Å²) in [5.41, 5.74) is -5.73. The minimum atomic E-state index is -5.59. The molecule has 5 nitrogen and oxygen atoms in total. The average Bonchev–Trinajstić information content (AvgIpc) is 2.43. The summed E-state index contributed by atoms with van der Waals surface area (Å²) in [7, 11) is -5.59. The summed E-state index contributed by atoms with van der Waals surface area (Å²) in [5.74, 6) is 0. The van der Waals surface area contributed by atoms with E-state index in [0.29, 0.717) is 0 Å². The molecule has 134 valence electrons. The van der Waals surface area contributed by atoms with Gasteiger partial charge in [0.15, 0.2) is 0 Å². The fraction of sp³-hybridized carbons (Fsp3) is 0.250. The maximum absolute atomic E-state index is 12.5. The molecule has 1 aromatic carbocycles. The predicted octanol–water partition coefficient (Wildman–Crippen LogP) is 4.66. The van der Waals surface area contributed by atoms with E-state index in [1.165, 1.54) is 29.9 Å². The number of anilines is 1. The summed E-state index contributed by atoms with van der Waals surface area (Å²) in [6, 6.07) is 3.54. The van der Waals surface area contributed by atoms with Crippen LogP contribution in [0.5, 0.6) is 0 Å². The topological polar surface area (TPSA) is 67.8 Å². The summed E-state index contributed by atoms with van der Waals surface area (Å²) in [4.78, 5) is 4.85. The molecule has 1 aromatic rings. The van der Waals surface area contributed by atoms with Gasteiger partial charge in [0.05, 0.1) is 11.4 Å². The van der Waals surface area contributed by atoms with Gasteiger partial charge in [-0.25, -0.2) is 0 Å². The largest absolute Gasteiger partial charge is 0.516 e. The van der Waals surface area contributed by atoms with Crippen LogP contribution in [0.1, 0.15) is 12.5 Å². The summed E-state index contributed by atoms with van der Waals surface area (Å²) >= 11 is 16.5. The standard InChI is InChI=1S/C12H10Cl3F3N2O3S/c1-7(19-23-5-4-11(14)15)9-6-8(13)2-3-10(9)20-24(21,22)12(16,17)18/h2-4,6,20H,5H2,1H3. The molecule has 0 saturated heterocycles. The van der Waals surface area contributed by atoms with Crippen molar-refractivity contribution in [3.63, 3.8) is 0 Å². The molecule has 0 fully saturated rings. The number of rotatable bonds is 6. The third kappa shape index (κ3) is 6.04. The predicted molar refractivity (Wildman–Crippen MR) is 88.0 cm³/mol. The maximum atomic E-state index is 12.5. The molecular formula is C12H10Cl3F3N2O3S. The van der Waals surface area contributed by atoms with Crippen LogP contribution >= 0.6 is 34.8 Å². The van der Waals surface area contributed by atoms with E-state index in [9.17, 15) is 21.6 Å². The highest BCUT2D eigenvalue weighted by Crippen LogP contribution is 2.28. The molecule has 0 radical (unpaired) electrons. The number of hydrogen-bond donors (Lipinski definition) is 1. The molecular weight excluding hydrogens is 416 g/mol. The molecule has 0 unspecified atom stereocenters. The molecule has 1 N–H and O–H groups in total. The molecule has 0 aliphatic heterocycles. The quantitative estimate of drug-likeness (QED) is 0.409. The van der Waals surface area contributed by atoms with Crippen LogP contribution in [0, 0.1) is 0 Å². The van der Waals surface area contributed by atoms with Crippen molar-refractivity contribution in [1.82, 2.24) is 0 Å². The van der Waals surface area contributed by atoms with Crippen LogP contribution in [0.2, 0.25) is 5.02 Å². The number of alkyl halides is 3. The zero-order chi connectivity index (χ0) is 18.5. The number of oxime groups is 1. The first-order valence-corrected chi connectivity index (χ1v) is 8.62. The van der Waals surface area contributed by atoms with E-state index in [4.69, 9.17) is 39.6 Å². The van der Waals surface area contributed by atoms with Gasteiger partial charge in [-0.1, -0.05) is 40.0 Å². The number of benzene rings is 1. The summed E-state index contributed by atoms with van der Waals surface area (Å²) in [5, 5.41) is 3.81. The van der Waals surface area contributed by atoms with Crippen molar-refractivity contribution >= 4 is 56.2 Å². The lowest BCUT2D eigenvalue weighted by Crippen LogP contribution is -2.30. The van der Waals surface area contributed by atoms with Crippen molar-refractivity contribution in [2.24, 2.45) is 5.16 Å². The van der Waals surface area contributed by atoms with Crippen molar-refractivity contribution in [2.45, 2.75) is 12.4 Å². The second-order valence-corrected chi connectivity index (χ2v) is 7.33. The first kappa shape index (κ1) is 20.9. The Balaban J connectivity index is 3.13. The number of hydrogen-bond acceptors (Lipinski definition) is 4. The molecule has 24 heavy (non-hydrogen) atoms. The Labute approximate surface area is 151 Å². The molecule has 0 atom stereocenters. The first-order valence-electron chi connectivity index (χ1n) is 6.01. The smallest absolute Gasteiger partial charge is 0.391 e. The van der Waals surface area contributed by atoms with Crippen molar-refractivity contribution in [3.05, 3.63) is 39.4 Å². The van der Waals surface area contributed by atoms with Gasteiger partial charge in [-0.2, -0.15) is 21.6 Å². The third-order valence-electron chi connectivity index (χ3n) is 2.43. The van der Waals surface area contributed by atoms with Crippen molar-refractivity contribution in [3.8, 4) is 0 Å². The van der Waals surface area contributed by atoms with Crippen molar-refractivity contribution in [1.29, 1.82) is 0 Å². The molecule has 12 heteroatoms. The van der Waals surface area contributed by atoms with Gasteiger partial charge in [0.1, 0.15) is 11.1 Å². The Bertz CT molecular complexity index is 761. The summed E-state index contributed by atoms with van der Waals surface area (Å²) in [6.07, 6.45) is 1.28. The molecule has 0 heterocycles. The Kier molecular flexibility index (Phi) is 7.21. The fourth-order valence-corrected chi connectivity index (χ4v) is 2.27.